The van der Waals surface area contributed by atoms with Crippen molar-refractivity contribution in [1.29, 1.82) is 0 Å². The zero-order chi connectivity index (χ0) is 13.1. The Balaban J connectivity index is 2.01. The van der Waals surface area contributed by atoms with E-state index in [-0.39, 0.29) is 12.1 Å². The van der Waals surface area contributed by atoms with Gasteiger partial charge in [0.05, 0.1) is 12.6 Å². The maximum atomic E-state index is 6.02. The number of likely N-dealkylation sites (N-methyl/N-ethyl adjacent to an activating group) is 1. The van der Waals surface area contributed by atoms with Gasteiger partial charge in [0.25, 0.3) is 0 Å². The number of ether oxygens (including phenoxy) is 1. The Hall–Kier alpha value is -0.980. The second kappa shape index (κ2) is 5.77. The number of hydrogen-bond donors (Lipinski definition) is 1. The van der Waals surface area contributed by atoms with Crippen molar-refractivity contribution in [2.75, 3.05) is 26.7 Å². The van der Waals surface area contributed by atoms with Crippen molar-refractivity contribution in [3.63, 3.8) is 0 Å². The monoisotopic (exact) mass is 254 g/mol. The van der Waals surface area contributed by atoms with Crippen molar-refractivity contribution in [1.82, 2.24) is 15.0 Å². The average Bonchev–Trinajstić information content (AvgIpc) is 2.77. The Morgan fingerprint density at radius 2 is 2.28 bits per heavy atom. The van der Waals surface area contributed by atoms with Crippen LogP contribution in [0.5, 0.6) is 0 Å². The lowest BCUT2D eigenvalue weighted by molar-refractivity contribution is -0.0264. The molecule has 1 saturated heterocycles. The highest BCUT2D eigenvalue weighted by molar-refractivity contribution is 4.97. The summed E-state index contributed by atoms with van der Waals surface area (Å²) < 4.78 is 10.9. The van der Waals surface area contributed by atoms with Gasteiger partial charge < -0.3 is 19.9 Å². The van der Waals surface area contributed by atoms with Crippen LogP contribution in [0, 0.1) is 5.92 Å². The molecule has 0 bridgehead atoms. The molecule has 2 N–H and O–H groups in total. The van der Waals surface area contributed by atoms with Gasteiger partial charge in [0.1, 0.15) is 6.10 Å². The van der Waals surface area contributed by atoms with Crippen molar-refractivity contribution in [3.8, 4) is 0 Å². The Labute approximate surface area is 107 Å². The van der Waals surface area contributed by atoms with Crippen molar-refractivity contribution in [2.45, 2.75) is 32.4 Å². The maximum absolute atomic E-state index is 6.02. The van der Waals surface area contributed by atoms with E-state index in [4.69, 9.17) is 15.0 Å². The van der Waals surface area contributed by atoms with Gasteiger partial charge in [0.2, 0.25) is 11.7 Å². The molecule has 0 spiro atoms. The van der Waals surface area contributed by atoms with Crippen LogP contribution in [-0.4, -0.2) is 41.8 Å². The standard InChI is InChI=1S/C12H22N4O2/c1-8(2)6-9(13)12-14-11(15-18-12)10-7-16(3)4-5-17-10/h8-10H,4-7,13H2,1-3H3/t9-,10?/m0/s1. The largest absolute Gasteiger partial charge is 0.367 e. The van der Waals surface area contributed by atoms with E-state index in [9.17, 15) is 0 Å². The highest BCUT2D eigenvalue weighted by atomic mass is 16.5. The SMILES string of the molecule is CC(C)C[C@H](N)c1nc(C2CN(C)CCO2)no1. The van der Waals surface area contributed by atoms with Crippen molar-refractivity contribution >= 4 is 0 Å². The predicted molar refractivity (Wildman–Crippen MR) is 66.9 cm³/mol. The molecular weight excluding hydrogens is 232 g/mol. The fourth-order valence-electron chi connectivity index (χ4n) is 2.07. The van der Waals surface area contributed by atoms with Gasteiger partial charge in [-0.25, -0.2) is 0 Å². The Morgan fingerprint density at radius 1 is 1.50 bits per heavy atom. The minimum absolute atomic E-state index is 0.104. The van der Waals surface area contributed by atoms with Gasteiger partial charge in [-0.1, -0.05) is 19.0 Å². The van der Waals surface area contributed by atoms with E-state index < -0.39 is 0 Å². The topological polar surface area (TPSA) is 77.4 Å². The van der Waals surface area contributed by atoms with Crippen molar-refractivity contribution in [2.24, 2.45) is 11.7 Å². The highest BCUT2D eigenvalue weighted by Gasteiger charge is 2.25. The van der Waals surface area contributed by atoms with Gasteiger partial charge >= 0.3 is 0 Å². The molecule has 0 saturated carbocycles. The third kappa shape index (κ3) is 3.28. The van der Waals surface area contributed by atoms with Gasteiger partial charge in [0.15, 0.2) is 0 Å². The smallest absolute Gasteiger partial charge is 0.243 e. The minimum Gasteiger partial charge on any atom is -0.367 e. The van der Waals surface area contributed by atoms with Crippen LogP contribution >= 0.6 is 0 Å². The van der Waals surface area contributed by atoms with Crippen LogP contribution in [0.3, 0.4) is 0 Å². The third-order valence-electron chi connectivity index (χ3n) is 3.06. The van der Waals surface area contributed by atoms with Gasteiger partial charge in [-0.15, -0.1) is 0 Å². The Morgan fingerprint density at radius 3 is 2.94 bits per heavy atom. The fraction of sp³-hybridized carbons (Fsp3) is 0.833. The minimum atomic E-state index is -0.187. The van der Waals surface area contributed by atoms with Crippen LogP contribution in [0.25, 0.3) is 0 Å². The molecule has 1 aliphatic rings. The van der Waals surface area contributed by atoms with Gasteiger partial charge in [-0.3, -0.25) is 0 Å². The second-order valence-electron chi connectivity index (χ2n) is 5.35. The molecule has 0 aromatic carbocycles. The van der Waals surface area contributed by atoms with Crippen molar-refractivity contribution < 1.29 is 9.26 Å². The summed E-state index contributed by atoms with van der Waals surface area (Å²) in [5.41, 5.74) is 6.02. The van der Waals surface area contributed by atoms with E-state index in [0.29, 0.717) is 24.2 Å². The molecule has 2 atom stereocenters. The maximum Gasteiger partial charge on any atom is 0.243 e. The van der Waals surface area contributed by atoms with Crippen LogP contribution < -0.4 is 5.73 Å². The van der Waals surface area contributed by atoms with Gasteiger partial charge in [-0.2, -0.15) is 4.98 Å². The number of aromatic nitrogens is 2. The molecule has 102 valence electrons. The molecule has 1 aromatic rings. The molecule has 6 nitrogen and oxygen atoms in total. The summed E-state index contributed by atoms with van der Waals surface area (Å²) in [5.74, 6) is 1.62. The normalized spacial score (nSPS) is 23.5. The van der Waals surface area contributed by atoms with Gasteiger partial charge in [0, 0.05) is 13.1 Å². The molecule has 1 fully saturated rings. The van der Waals surface area contributed by atoms with Crippen molar-refractivity contribution in [3.05, 3.63) is 11.7 Å². The second-order valence-corrected chi connectivity index (χ2v) is 5.35. The molecule has 1 unspecified atom stereocenters. The lowest BCUT2D eigenvalue weighted by Crippen LogP contribution is -2.35. The molecule has 1 aliphatic heterocycles. The lowest BCUT2D eigenvalue weighted by atomic mass is 10.0. The lowest BCUT2D eigenvalue weighted by Gasteiger charge is -2.27. The van der Waals surface area contributed by atoms with Crippen LogP contribution in [0.4, 0.5) is 0 Å². The molecule has 6 heteroatoms. The first-order valence-corrected chi connectivity index (χ1v) is 6.45. The van der Waals surface area contributed by atoms with Crippen LogP contribution in [-0.2, 0) is 4.74 Å². The number of nitrogens with two attached hydrogens (primary N) is 1. The van der Waals surface area contributed by atoms with E-state index in [1.54, 1.807) is 0 Å². The van der Waals surface area contributed by atoms with Crippen LogP contribution in [0.2, 0.25) is 0 Å². The Kier molecular flexibility index (Phi) is 4.31. The Bertz CT molecular complexity index is 380. The zero-order valence-corrected chi connectivity index (χ0v) is 11.3. The average molecular weight is 254 g/mol. The molecule has 2 heterocycles. The van der Waals surface area contributed by atoms with Crippen LogP contribution in [0.15, 0.2) is 4.52 Å². The summed E-state index contributed by atoms with van der Waals surface area (Å²) in [4.78, 5) is 6.56. The number of nitrogens with zero attached hydrogens (tertiary/aromatic N) is 3. The van der Waals surface area contributed by atoms with E-state index in [1.165, 1.54) is 0 Å². The van der Waals surface area contributed by atoms with E-state index in [0.717, 1.165) is 19.5 Å². The van der Waals surface area contributed by atoms with Crippen LogP contribution in [0.1, 0.15) is 44.1 Å². The van der Waals surface area contributed by atoms with Gasteiger partial charge in [-0.05, 0) is 19.4 Å². The molecule has 0 radical (unpaired) electrons. The van der Waals surface area contributed by atoms with E-state index in [1.807, 2.05) is 0 Å². The van der Waals surface area contributed by atoms with E-state index >= 15 is 0 Å². The quantitative estimate of drug-likeness (QED) is 0.867. The summed E-state index contributed by atoms with van der Waals surface area (Å²) in [5, 5.41) is 3.98. The molecule has 18 heavy (non-hydrogen) atoms. The highest BCUT2D eigenvalue weighted by Crippen LogP contribution is 2.22. The fourth-order valence-corrected chi connectivity index (χ4v) is 2.07. The van der Waals surface area contributed by atoms with E-state index in [2.05, 4.69) is 35.9 Å². The molecular formula is C12H22N4O2. The summed E-state index contributed by atoms with van der Waals surface area (Å²) in [6, 6.07) is -0.187. The first kappa shape index (κ1) is 13.5. The molecule has 1 aromatic heterocycles. The predicted octanol–water partition coefficient (Wildman–Crippen LogP) is 1.12. The first-order valence-electron chi connectivity index (χ1n) is 6.45. The summed E-state index contributed by atoms with van der Waals surface area (Å²) in [6.07, 6.45) is 0.736. The zero-order valence-electron chi connectivity index (χ0n) is 11.3. The summed E-state index contributed by atoms with van der Waals surface area (Å²) >= 11 is 0. The molecule has 0 aliphatic carbocycles. The molecule has 2 rings (SSSR count). The third-order valence-corrected chi connectivity index (χ3v) is 3.06. The first-order chi connectivity index (χ1) is 8.56. The summed E-state index contributed by atoms with van der Waals surface area (Å²) in [7, 11) is 2.06. The summed E-state index contributed by atoms with van der Waals surface area (Å²) in [6.45, 7) is 6.67. The number of morpholine rings is 1. The number of rotatable bonds is 4. The number of hydrogen-bond acceptors (Lipinski definition) is 6. The molecule has 0 amide bonds.